The first-order chi connectivity index (χ1) is 15.5. The van der Waals surface area contributed by atoms with Gasteiger partial charge in [0.1, 0.15) is 17.2 Å². The molecule has 3 aromatic rings. The van der Waals surface area contributed by atoms with E-state index in [1.165, 1.54) is 0 Å². The lowest BCUT2D eigenvalue weighted by molar-refractivity contribution is -0.120. The van der Waals surface area contributed by atoms with Crippen molar-refractivity contribution in [2.75, 3.05) is 23.9 Å². The maximum atomic E-state index is 13.6. The first kappa shape index (κ1) is 21.2. The normalized spacial score (nSPS) is 13.5. The van der Waals surface area contributed by atoms with Crippen molar-refractivity contribution in [2.24, 2.45) is 0 Å². The highest BCUT2D eigenvalue weighted by atomic mass is 16.5. The summed E-state index contributed by atoms with van der Waals surface area (Å²) in [7, 11) is 1.56. The van der Waals surface area contributed by atoms with Gasteiger partial charge in [0.15, 0.2) is 0 Å². The lowest BCUT2D eigenvalue weighted by Crippen LogP contribution is -2.32. The number of hydrogen-bond donors (Lipinski definition) is 1. The molecule has 2 amide bonds. The third kappa shape index (κ3) is 3.83. The van der Waals surface area contributed by atoms with Gasteiger partial charge in [-0.3, -0.25) is 9.59 Å². The number of amides is 2. The summed E-state index contributed by atoms with van der Waals surface area (Å²) in [4.78, 5) is 28.4. The topological polar surface area (TPSA) is 67.9 Å². The van der Waals surface area contributed by atoms with Crippen LogP contribution < -0.4 is 19.7 Å². The molecule has 0 aromatic heterocycles. The smallest absolute Gasteiger partial charge is 0.282 e. The maximum Gasteiger partial charge on any atom is 0.282 e. The standard InChI is InChI=1S/C26H24N2O4/c1-4-32-22-12-8-6-10-20(22)28-25(29)23(18-15-13-17(2)14-16-18)24(26(28)30)27-19-9-5-7-11-21(19)31-3/h5-16,27H,4H2,1-3H3. The zero-order chi connectivity index (χ0) is 22.7. The monoisotopic (exact) mass is 428 g/mol. The number of carbonyl (C=O) groups excluding carboxylic acids is 2. The van der Waals surface area contributed by atoms with Crippen LogP contribution in [0.2, 0.25) is 0 Å². The molecule has 0 fully saturated rings. The quantitative estimate of drug-likeness (QED) is 0.548. The average Bonchev–Trinajstić information content (AvgIpc) is 3.05. The Labute approximate surface area is 187 Å². The molecule has 0 bridgehead atoms. The summed E-state index contributed by atoms with van der Waals surface area (Å²) in [6.45, 7) is 4.24. The van der Waals surface area contributed by atoms with Crippen LogP contribution in [-0.4, -0.2) is 25.5 Å². The van der Waals surface area contributed by atoms with Crippen molar-refractivity contribution in [3.05, 3.63) is 89.6 Å². The van der Waals surface area contributed by atoms with Crippen molar-refractivity contribution >= 4 is 28.8 Å². The Morgan fingerprint density at radius 1 is 0.844 bits per heavy atom. The minimum Gasteiger partial charge on any atom is -0.495 e. The molecule has 3 aromatic carbocycles. The molecule has 0 saturated heterocycles. The van der Waals surface area contributed by atoms with E-state index in [1.54, 1.807) is 37.4 Å². The SMILES string of the molecule is CCOc1ccccc1N1C(=O)C(Nc2ccccc2OC)=C(c2ccc(C)cc2)C1=O. The summed E-state index contributed by atoms with van der Waals surface area (Å²) in [5.41, 5.74) is 3.20. The van der Waals surface area contributed by atoms with Crippen LogP contribution in [0.1, 0.15) is 18.1 Å². The molecule has 1 N–H and O–H groups in total. The molecule has 1 aliphatic heterocycles. The van der Waals surface area contributed by atoms with E-state index in [0.29, 0.717) is 40.6 Å². The van der Waals surface area contributed by atoms with Gasteiger partial charge in [-0.2, -0.15) is 0 Å². The predicted molar refractivity (Wildman–Crippen MR) is 125 cm³/mol. The summed E-state index contributed by atoms with van der Waals surface area (Å²) < 4.78 is 11.1. The zero-order valence-electron chi connectivity index (χ0n) is 18.2. The summed E-state index contributed by atoms with van der Waals surface area (Å²) >= 11 is 0. The Bertz CT molecular complexity index is 1200. The van der Waals surface area contributed by atoms with Gasteiger partial charge < -0.3 is 14.8 Å². The van der Waals surface area contributed by atoms with Crippen molar-refractivity contribution in [1.82, 2.24) is 0 Å². The second-order valence-corrected chi connectivity index (χ2v) is 7.29. The second kappa shape index (κ2) is 8.98. The van der Waals surface area contributed by atoms with Gasteiger partial charge in [-0.05, 0) is 43.7 Å². The molecule has 162 valence electrons. The molecule has 6 heteroatoms. The second-order valence-electron chi connectivity index (χ2n) is 7.29. The molecular weight excluding hydrogens is 404 g/mol. The number of para-hydroxylation sites is 4. The van der Waals surface area contributed by atoms with E-state index in [9.17, 15) is 9.59 Å². The molecule has 0 unspecified atom stereocenters. The maximum absolute atomic E-state index is 13.6. The first-order valence-electron chi connectivity index (χ1n) is 10.4. The number of methoxy groups -OCH3 is 1. The van der Waals surface area contributed by atoms with E-state index >= 15 is 0 Å². The summed E-state index contributed by atoms with van der Waals surface area (Å²) in [6.07, 6.45) is 0. The Hall–Kier alpha value is -4.06. The minimum absolute atomic E-state index is 0.189. The van der Waals surface area contributed by atoms with E-state index in [4.69, 9.17) is 9.47 Å². The van der Waals surface area contributed by atoms with Gasteiger partial charge in [0, 0.05) is 0 Å². The van der Waals surface area contributed by atoms with Crippen molar-refractivity contribution in [1.29, 1.82) is 0 Å². The first-order valence-corrected chi connectivity index (χ1v) is 10.4. The van der Waals surface area contributed by atoms with Crippen LogP contribution in [0.4, 0.5) is 11.4 Å². The highest BCUT2D eigenvalue weighted by Gasteiger charge is 2.41. The Kier molecular flexibility index (Phi) is 5.94. The fourth-order valence-electron chi connectivity index (χ4n) is 3.65. The molecule has 0 atom stereocenters. The molecule has 0 spiro atoms. The Morgan fingerprint density at radius 3 is 2.19 bits per heavy atom. The third-order valence-electron chi connectivity index (χ3n) is 5.20. The molecule has 6 nitrogen and oxygen atoms in total. The van der Waals surface area contributed by atoms with Gasteiger partial charge in [0.25, 0.3) is 11.8 Å². The van der Waals surface area contributed by atoms with Crippen LogP contribution in [0.15, 0.2) is 78.5 Å². The van der Waals surface area contributed by atoms with Crippen LogP contribution in [0.3, 0.4) is 0 Å². The number of nitrogens with zero attached hydrogens (tertiary/aromatic N) is 1. The van der Waals surface area contributed by atoms with E-state index in [2.05, 4.69) is 5.32 Å². The number of aryl methyl sites for hydroxylation is 1. The molecule has 0 aliphatic carbocycles. The highest BCUT2D eigenvalue weighted by Crippen LogP contribution is 2.38. The van der Waals surface area contributed by atoms with Gasteiger partial charge in [-0.15, -0.1) is 0 Å². The van der Waals surface area contributed by atoms with Gasteiger partial charge in [0.2, 0.25) is 0 Å². The molecule has 1 aliphatic rings. The summed E-state index contributed by atoms with van der Waals surface area (Å²) in [5, 5.41) is 3.16. The Morgan fingerprint density at radius 2 is 1.50 bits per heavy atom. The molecule has 1 heterocycles. The molecule has 4 rings (SSSR count). The minimum atomic E-state index is -0.455. The van der Waals surface area contributed by atoms with Crippen LogP contribution in [0.25, 0.3) is 5.57 Å². The number of hydrogen-bond acceptors (Lipinski definition) is 5. The summed E-state index contributed by atoms with van der Waals surface area (Å²) in [6, 6.07) is 21.8. The van der Waals surface area contributed by atoms with E-state index < -0.39 is 11.8 Å². The lowest BCUT2D eigenvalue weighted by atomic mass is 10.0. The van der Waals surface area contributed by atoms with Crippen LogP contribution in [0, 0.1) is 6.92 Å². The van der Waals surface area contributed by atoms with Crippen molar-refractivity contribution in [3.8, 4) is 11.5 Å². The molecule has 32 heavy (non-hydrogen) atoms. The fraction of sp³-hybridized carbons (Fsp3) is 0.154. The average molecular weight is 428 g/mol. The lowest BCUT2D eigenvalue weighted by Gasteiger charge is -2.19. The van der Waals surface area contributed by atoms with Gasteiger partial charge in [-0.25, -0.2) is 4.90 Å². The number of carbonyl (C=O) groups is 2. The zero-order valence-corrected chi connectivity index (χ0v) is 18.2. The largest absolute Gasteiger partial charge is 0.495 e. The number of anilines is 2. The van der Waals surface area contributed by atoms with Gasteiger partial charge in [-0.1, -0.05) is 54.1 Å². The van der Waals surface area contributed by atoms with Crippen LogP contribution in [0.5, 0.6) is 11.5 Å². The number of rotatable bonds is 7. The van der Waals surface area contributed by atoms with E-state index in [-0.39, 0.29) is 5.70 Å². The van der Waals surface area contributed by atoms with E-state index in [1.807, 2.05) is 56.3 Å². The number of ether oxygens (including phenoxy) is 2. The number of imide groups is 1. The van der Waals surface area contributed by atoms with Crippen molar-refractivity contribution in [3.63, 3.8) is 0 Å². The summed E-state index contributed by atoms with van der Waals surface area (Å²) in [5.74, 6) is 0.169. The number of benzene rings is 3. The fourth-order valence-corrected chi connectivity index (χ4v) is 3.65. The van der Waals surface area contributed by atoms with Crippen LogP contribution >= 0.6 is 0 Å². The predicted octanol–water partition coefficient (Wildman–Crippen LogP) is 4.80. The number of nitrogens with one attached hydrogen (secondary N) is 1. The van der Waals surface area contributed by atoms with E-state index in [0.717, 1.165) is 10.5 Å². The van der Waals surface area contributed by atoms with Crippen LogP contribution in [-0.2, 0) is 9.59 Å². The third-order valence-corrected chi connectivity index (χ3v) is 5.20. The molecule has 0 radical (unpaired) electrons. The highest BCUT2D eigenvalue weighted by molar-refractivity contribution is 6.46. The molecule has 0 saturated carbocycles. The van der Waals surface area contributed by atoms with Gasteiger partial charge >= 0.3 is 0 Å². The Balaban J connectivity index is 1.85. The van der Waals surface area contributed by atoms with Gasteiger partial charge in [0.05, 0.1) is 30.7 Å². The molecular formula is C26H24N2O4. The van der Waals surface area contributed by atoms with Crippen molar-refractivity contribution < 1.29 is 19.1 Å². The van der Waals surface area contributed by atoms with Crippen molar-refractivity contribution in [2.45, 2.75) is 13.8 Å².